The van der Waals surface area contributed by atoms with E-state index < -0.39 is 0 Å². The summed E-state index contributed by atoms with van der Waals surface area (Å²) in [5, 5.41) is 11.1. The van der Waals surface area contributed by atoms with Crippen molar-refractivity contribution in [2.24, 2.45) is 4.99 Å². The molecule has 0 aliphatic rings. The maximum absolute atomic E-state index is 5.44. The Labute approximate surface area is 184 Å². The minimum Gasteiger partial charge on any atom is -0.497 e. The molecule has 8 heteroatoms. The molecule has 1 aromatic carbocycles. The first-order valence-corrected chi connectivity index (χ1v) is 9.31. The van der Waals surface area contributed by atoms with Crippen LogP contribution in [0.5, 0.6) is 11.5 Å². The smallest absolute Gasteiger partial charge is 0.191 e. The summed E-state index contributed by atoms with van der Waals surface area (Å²) in [4.78, 5) is 4.67. The van der Waals surface area contributed by atoms with E-state index in [1.54, 1.807) is 14.2 Å². The van der Waals surface area contributed by atoms with Gasteiger partial charge in [0.25, 0.3) is 0 Å². The summed E-state index contributed by atoms with van der Waals surface area (Å²) in [5.41, 5.74) is 3.27. The number of hydrogen-bond donors (Lipinski definition) is 2. The SMILES string of the molecule is CCNC(=NCc1ccc(OC)cc1OC)NCCCn1nc(C)cc1C.I. The molecule has 0 amide bonds. The molecule has 0 bridgehead atoms. The molecular formula is C20H32IN5O2. The second-order valence-corrected chi connectivity index (χ2v) is 6.30. The molecule has 0 radical (unpaired) electrons. The average Bonchev–Trinajstić information content (AvgIpc) is 3.00. The van der Waals surface area contributed by atoms with Crippen molar-refractivity contribution >= 4 is 29.9 Å². The van der Waals surface area contributed by atoms with Gasteiger partial charge in [-0.2, -0.15) is 5.10 Å². The molecular weight excluding hydrogens is 469 g/mol. The Morgan fingerprint density at radius 3 is 2.54 bits per heavy atom. The summed E-state index contributed by atoms with van der Waals surface area (Å²) < 4.78 is 12.7. The number of methoxy groups -OCH3 is 2. The fourth-order valence-corrected chi connectivity index (χ4v) is 2.83. The highest BCUT2D eigenvalue weighted by molar-refractivity contribution is 14.0. The molecule has 0 atom stereocenters. The highest BCUT2D eigenvalue weighted by Crippen LogP contribution is 2.25. The number of aryl methyl sites for hydroxylation is 3. The van der Waals surface area contributed by atoms with Gasteiger partial charge in [0, 0.05) is 37.0 Å². The number of nitrogens with one attached hydrogen (secondary N) is 2. The molecule has 0 unspecified atom stereocenters. The number of guanidine groups is 1. The number of aromatic nitrogens is 2. The van der Waals surface area contributed by atoms with E-state index in [9.17, 15) is 0 Å². The third kappa shape index (κ3) is 7.21. The summed E-state index contributed by atoms with van der Waals surface area (Å²) in [7, 11) is 3.30. The largest absolute Gasteiger partial charge is 0.497 e. The molecule has 28 heavy (non-hydrogen) atoms. The average molecular weight is 501 g/mol. The lowest BCUT2D eigenvalue weighted by molar-refractivity contribution is 0.391. The number of hydrogen-bond acceptors (Lipinski definition) is 4. The number of halogens is 1. The topological polar surface area (TPSA) is 72.7 Å². The van der Waals surface area contributed by atoms with Gasteiger partial charge in [-0.25, -0.2) is 4.99 Å². The van der Waals surface area contributed by atoms with E-state index in [0.717, 1.165) is 54.8 Å². The second-order valence-electron chi connectivity index (χ2n) is 6.30. The van der Waals surface area contributed by atoms with Gasteiger partial charge in [-0.15, -0.1) is 24.0 Å². The van der Waals surface area contributed by atoms with Gasteiger partial charge in [-0.3, -0.25) is 4.68 Å². The predicted molar refractivity (Wildman–Crippen MR) is 124 cm³/mol. The van der Waals surface area contributed by atoms with Gasteiger partial charge in [0.2, 0.25) is 0 Å². The van der Waals surface area contributed by atoms with Crippen LogP contribution in [-0.2, 0) is 13.1 Å². The lowest BCUT2D eigenvalue weighted by atomic mass is 10.2. The van der Waals surface area contributed by atoms with Crippen molar-refractivity contribution in [3.8, 4) is 11.5 Å². The number of benzene rings is 1. The summed E-state index contributed by atoms with van der Waals surface area (Å²) in [6.07, 6.45) is 0.970. The van der Waals surface area contributed by atoms with Crippen molar-refractivity contribution in [3.63, 3.8) is 0 Å². The maximum atomic E-state index is 5.44. The molecule has 156 valence electrons. The molecule has 0 aliphatic heterocycles. The van der Waals surface area contributed by atoms with Gasteiger partial charge in [-0.1, -0.05) is 0 Å². The molecule has 7 nitrogen and oxygen atoms in total. The van der Waals surface area contributed by atoms with Gasteiger partial charge < -0.3 is 20.1 Å². The van der Waals surface area contributed by atoms with Gasteiger partial charge in [0.1, 0.15) is 11.5 Å². The van der Waals surface area contributed by atoms with Crippen molar-refractivity contribution in [3.05, 3.63) is 41.2 Å². The number of nitrogens with zero attached hydrogens (tertiary/aromatic N) is 3. The van der Waals surface area contributed by atoms with Crippen LogP contribution < -0.4 is 20.1 Å². The van der Waals surface area contributed by atoms with Crippen LogP contribution in [0.15, 0.2) is 29.3 Å². The first-order valence-electron chi connectivity index (χ1n) is 9.31. The Morgan fingerprint density at radius 1 is 1.14 bits per heavy atom. The van der Waals surface area contributed by atoms with E-state index in [1.807, 2.05) is 29.8 Å². The maximum Gasteiger partial charge on any atom is 0.191 e. The third-order valence-corrected chi connectivity index (χ3v) is 4.19. The van der Waals surface area contributed by atoms with Crippen molar-refractivity contribution in [1.29, 1.82) is 0 Å². The third-order valence-electron chi connectivity index (χ3n) is 4.19. The summed E-state index contributed by atoms with van der Waals surface area (Å²) >= 11 is 0. The molecule has 0 aliphatic carbocycles. The standard InChI is InChI=1S/C20H31N5O2.HI/c1-6-21-20(22-10-7-11-25-16(3)12-15(2)24-25)23-14-17-8-9-18(26-4)13-19(17)27-5;/h8-9,12-13H,6-7,10-11,14H2,1-5H3,(H2,21,22,23);1H. The Kier molecular flexibility index (Phi) is 10.7. The number of aliphatic imine (C=N–C) groups is 1. The van der Waals surface area contributed by atoms with Crippen LogP contribution in [-0.4, -0.2) is 43.0 Å². The Bertz CT molecular complexity index is 761. The van der Waals surface area contributed by atoms with Crippen LogP contribution in [0, 0.1) is 13.8 Å². The van der Waals surface area contributed by atoms with Gasteiger partial charge in [0.05, 0.1) is 26.5 Å². The van der Waals surface area contributed by atoms with Gasteiger partial charge in [0.15, 0.2) is 5.96 Å². The normalized spacial score (nSPS) is 11.0. The Hall–Kier alpha value is -1.97. The molecule has 0 saturated carbocycles. The molecule has 2 N–H and O–H groups in total. The van der Waals surface area contributed by atoms with E-state index >= 15 is 0 Å². The zero-order chi connectivity index (χ0) is 19.6. The van der Waals surface area contributed by atoms with Crippen LogP contribution >= 0.6 is 24.0 Å². The van der Waals surface area contributed by atoms with Crippen molar-refractivity contribution in [2.45, 2.75) is 40.3 Å². The highest BCUT2D eigenvalue weighted by atomic mass is 127. The van der Waals surface area contributed by atoms with Crippen LogP contribution in [0.25, 0.3) is 0 Å². The van der Waals surface area contributed by atoms with E-state index in [0.29, 0.717) is 6.54 Å². The summed E-state index contributed by atoms with van der Waals surface area (Å²) in [6.45, 7) is 9.21. The number of rotatable bonds is 9. The van der Waals surface area contributed by atoms with Crippen LogP contribution in [0.2, 0.25) is 0 Å². The van der Waals surface area contributed by atoms with Gasteiger partial charge >= 0.3 is 0 Å². The molecule has 1 heterocycles. The van der Waals surface area contributed by atoms with Crippen molar-refractivity contribution in [1.82, 2.24) is 20.4 Å². The van der Waals surface area contributed by atoms with E-state index in [2.05, 4.69) is 40.6 Å². The lowest BCUT2D eigenvalue weighted by Crippen LogP contribution is -2.38. The first kappa shape index (κ1) is 24.1. The Balaban J connectivity index is 0.00000392. The zero-order valence-electron chi connectivity index (χ0n) is 17.4. The minimum absolute atomic E-state index is 0. The summed E-state index contributed by atoms with van der Waals surface area (Å²) in [5.74, 6) is 2.34. The quantitative estimate of drug-likeness (QED) is 0.239. The van der Waals surface area contributed by atoms with Crippen LogP contribution in [0.3, 0.4) is 0 Å². The van der Waals surface area contributed by atoms with Crippen LogP contribution in [0.4, 0.5) is 0 Å². The van der Waals surface area contributed by atoms with Gasteiger partial charge in [-0.05, 0) is 45.4 Å². The van der Waals surface area contributed by atoms with Crippen molar-refractivity contribution < 1.29 is 9.47 Å². The predicted octanol–water partition coefficient (Wildman–Crippen LogP) is 3.28. The zero-order valence-corrected chi connectivity index (χ0v) is 19.7. The molecule has 2 aromatic rings. The fraction of sp³-hybridized carbons (Fsp3) is 0.500. The Morgan fingerprint density at radius 2 is 1.93 bits per heavy atom. The van der Waals surface area contributed by atoms with E-state index in [-0.39, 0.29) is 24.0 Å². The highest BCUT2D eigenvalue weighted by Gasteiger charge is 2.06. The monoisotopic (exact) mass is 501 g/mol. The fourth-order valence-electron chi connectivity index (χ4n) is 2.83. The van der Waals surface area contributed by atoms with E-state index in [4.69, 9.17) is 9.47 Å². The first-order chi connectivity index (χ1) is 13.1. The second kappa shape index (κ2) is 12.5. The summed E-state index contributed by atoms with van der Waals surface area (Å²) in [6, 6.07) is 7.87. The molecule has 0 spiro atoms. The molecule has 1 aromatic heterocycles. The van der Waals surface area contributed by atoms with Crippen LogP contribution in [0.1, 0.15) is 30.3 Å². The minimum atomic E-state index is 0. The van der Waals surface area contributed by atoms with E-state index in [1.165, 1.54) is 5.69 Å². The van der Waals surface area contributed by atoms with Crippen molar-refractivity contribution in [2.75, 3.05) is 27.3 Å². The molecule has 0 fully saturated rings. The lowest BCUT2D eigenvalue weighted by Gasteiger charge is -2.13. The number of ether oxygens (including phenoxy) is 2. The molecule has 2 rings (SSSR count). The molecule has 0 saturated heterocycles.